The van der Waals surface area contributed by atoms with Crippen molar-refractivity contribution in [2.75, 3.05) is 33.9 Å². The zero-order chi connectivity index (χ0) is 26.5. The highest BCUT2D eigenvalue weighted by atomic mass is 16.5. The maximum atomic E-state index is 13.2. The first kappa shape index (κ1) is 26.5. The molecule has 2 aromatic rings. The van der Waals surface area contributed by atoms with Crippen molar-refractivity contribution in [2.45, 2.75) is 43.9 Å². The third kappa shape index (κ3) is 5.28. The lowest BCUT2D eigenvalue weighted by Gasteiger charge is -2.40. The third-order valence-corrected chi connectivity index (χ3v) is 6.97. The molecule has 0 fully saturated rings. The largest absolute Gasteiger partial charge is 0.497 e. The van der Waals surface area contributed by atoms with Crippen molar-refractivity contribution >= 4 is 11.8 Å². The maximum absolute atomic E-state index is 13.2. The second-order valence-corrected chi connectivity index (χ2v) is 9.05. The fourth-order valence-corrected chi connectivity index (χ4v) is 5.15. The van der Waals surface area contributed by atoms with E-state index in [0.717, 1.165) is 11.1 Å². The summed E-state index contributed by atoms with van der Waals surface area (Å²) in [4.78, 5) is 28.0. The minimum atomic E-state index is -1.06. The normalized spacial score (nSPS) is 21.7. The van der Waals surface area contributed by atoms with Crippen LogP contribution in [0.5, 0.6) is 17.2 Å². The van der Waals surface area contributed by atoms with Gasteiger partial charge in [0, 0.05) is 30.6 Å². The van der Waals surface area contributed by atoms with Crippen molar-refractivity contribution in [1.29, 1.82) is 0 Å². The average Bonchev–Trinajstić information content (AvgIpc) is 3.32. The van der Waals surface area contributed by atoms with Gasteiger partial charge in [-0.2, -0.15) is 0 Å². The number of hydrogen-bond acceptors (Lipinski definition) is 7. The van der Waals surface area contributed by atoms with Crippen LogP contribution in [0.3, 0.4) is 0 Å². The number of nitrogens with zero attached hydrogens (tertiary/aromatic N) is 1. The molecule has 0 spiro atoms. The second kappa shape index (κ2) is 11.7. The van der Waals surface area contributed by atoms with Crippen LogP contribution in [0.2, 0.25) is 0 Å². The fourth-order valence-electron chi connectivity index (χ4n) is 5.15. The maximum Gasteiger partial charge on any atom is 0.247 e. The van der Waals surface area contributed by atoms with Crippen LogP contribution < -0.4 is 19.5 Å². The molecule has 0 saturated heterocycles. The Bertz CT molecular complexity index is 1160. The molecule has 4 rings (SSSR count). The summed E-state index contributed by atoms with van der Waals surface area (Å²) in [6, 6.07) is 12.1. The lowest BCUT2D eigenvalue weighted by Crippen LogP contribution is -2.56. The van der Waals surface area contributed by atoms with Gasteiger partial charge in [0.15, 0.2) is 0 Å². The van der Waals surface area contributed by atoms with Gasteiger partial charge < -0.3 is 34.6 Å². The summed E-state index contributed by atoms with van der Waals surface area (Å²) in [5, 5.41) is 23.5. The number of para-hydroxylation sites is 1. The predicted octanol–water partition coefficient (Wildman–Crippen LogP) is 1.81. The smallest absolute Gasteiger partial charge is 0.247 e. The van der Waals surface area contributed by atoms with Gasteiger partial charge in [-0.25, -0.2) is 0 Å². The SMILES string of the molecule is CCC(=O)N(CCc1cc(OC)ccc1OC)C1C=C(C(=O)NCCO)C2c3ccccc3OC2C1O. The monoisotopic (exact) mass is 510 g/mol. The molecular weight excluding hydrogens is 476 g/mol. The Morgan fingerprint density at radius 1 is 1.14 bits per heavy atom. The van der Waals surface area contributed by atoms with Crippen molar-refractivity contribution < 1.29 is 34.0 Å². The number of methoxy groups -OCH3 is 2. The van der Waals surface area contributed by atoms with E-state index < -0.39 is 24.2 Å². The summed E-state index contributed by atoms with van der Waals surface area (Å²) >= 11 is 0. The highest BCUT2D eigenvalue weighted by Gasteiger charge is 2.50. The second-order valence-electron chi connectivity index (χ2n) is 9.05. The fraction of sp³-hybridized carbons (Fsp3) is 0.429. The van der Waals surface area contributed by atoms with Gasteiger partial charge in [0.25, 0.3) is 0 Å². The number of benzene rings is 2. The van der Waals surface area contributed by atoms with Gasteiger partial charge in [-0.05, 0) is 42.3 Å². The Kier molecular flexibility index (Phi) is 8.35. The molecule has 2 aromatic carbocycles. The number of carbonyl (C=O) groups excluding carboxylic acids is 2. The van der Waals surface area contributed by atoms with Crippen LogP contribution in [-0.2, 0) is 16.0 Å². The minimum Gasteiger partial charge on any atom is -0.497 e. The molecular formula is C28H34N2O7. The number of ether oxygens (including phenoxy) is 3. The molecule has 3 N–H and O–H groups in total. The zero-order valence-electron chi connectivity index (χ0n) is 21.3. The van der Waals surface area contributed by atoms with E-state index in [0.29, 0.717) is 29.2 Å². The Hall–Kier alpha value is -3.56. The van der Waals surface area contributed by atoms with E-state index in [1.165, 1.54) is 0 Å². The molecule has 9 heteroatoms. The summed E-state index contributed by atoms with van der Waals surface area (Å²) in [5.41, 5.74) is 2.07. The van der Waals surface area contributed by atoms with Crippen LogP contribution >= 0.6 is 0 Å². The molecule has 2 amide bonds. The Morgan fingerprint density at radius 2 is 1.92 bits per heavy atom. The van der Waals surface area contributed by atoms with Gasteiger partial charge in [-0.15, -0.1) is 0 Å². The van der Waals surface area contributed by atoms with E-state index in [1.807, 2.05) is 36.4 Å². The summed E-state index contributed by atoms with van der Waals surface area (Å²) < 4.78 is 17.0. The highest BCUT2D eigenvalue weighted by molar-refractivity contribution is 5.96. The van der Waals surface area contributed by atoms with E-state index in [1.54, 1.807) is 38.2 Å². The number of carbonyl (C=O) groups is 2. The number of amides is 2. The van der Waals surface area contributed by atoms with E-state index in [-0.39, 0.29) is 37.9 Å². The molecule has 1 aliphatic heterocycles. The average molecular weight is 511 g/mol. The summed E-state index contributed by atoms with van der Waals surface area (Å²) in [6.07, 6.45) is 0.563. The first-order chi connectivity index (χ1) is 17.9. The van der Waals surface area contributed by atoms with Gasteiger partial charge in [-0.1, -0.05) is 25.1 Å². The van der Waals surface area contributed by atoms with Crippen molar-refractivity contribution in [3.8, 4) is 17.2 Å². The van der Waals surface area contributed by atoms with Crippen LogP contribution in [0.15, 0.2) is 54.1 Å². The van der Waals surface area contributed by atoms with Gasteiger partial charge in [0.1, 0.15) is 29.5 Å². The third-order valence-electron chi connectivity index (χ3n) is 6.97. The molecule has 2 aliphatic rings. The summed E-state index contributed by atoms with van der Waals surface area (Å²) in [6.45, 7) is 1.94. The number of aliphatic hydroxyl groups is 2. The van der Waals surface area contributed by atoms with E-state index >= 15 is 0 Å². The number of aliphatic hydroxyl groups excluding tert-OH is 2. The van der Waals surface area contributed by atoms with Crippen molar-refractivity contribution in [2.24, 2.45) is 0 Å². The number of fused-ring (bicyclic) bond motifs is 3. The molecule has 0 aromatic heterocycles. The van der Waals surface area contributed by atoms with E-state index in [2.05, 4.69) is 5.32 Å². The molecule has 1 heterocycles. The number of nitrogens with one attached hydrogen (secondary N) is 1. The van der Waals surface area contributed by atoms with E-state index in [9.17, 15) is 19.8 Å². The first-order valence-electron chi connectivity index (χ1n) is 12.5. The van der Waals surface area contributed by atoms with Gasteiger partial charge in [-0.3, -0.25) is 9.59 Å². The quantitative estimate of drug-likeness (QED) is 0.446. The molecule has 4 atom stereocenters. The predicted molar refractivity (Wildman–Crippen MR) is 137 cm³/mol. The van der Waals surface area contributed by atoms with Gasteiger partial charge in [0.2, 0.25) is 11.8 Å². The summed E-state index contributed by atoms with van der Waals surface area (Å²) in [5.74, 6) is 0.935. The molecule has 9 nitrogen and oxygen atoms in total. The van der Waals surface area contributed by atoms with Gasteiger partial charge in [0.05, 0.1) is 32.8 Å². The molecule has 198 valence electrons. The van der Waals surface area contributed by atoms with Crippen LogP contribution in [0, 0.1) is 0 Å². The minimum absolute atomic E-state index is 0.0938. The van der Waals surface area contributed by atoms with Gasteiger partial charge >= 0.3 is 0 Å². The summed E-state index contributed by atoms with van der Waals surface area (Å²) in [7, 11) is 3.17. The number of rotatable bonds is 10. The first-order valence-corrected chi connectivity index (χ1v) is 12.5. The lowest BCUT2D eigenvalue weighted by molar-refractivity contribution is -0.136. The van der Waals surface area contributed by atoms with Crippen LogP contribution in [0.4, 0.5) is 0 Å². The van der Waals surface area contributed by atoms with Crippen molar-refractivity contribution in [1.82, 2.24) is 10.2 Å². The molecule has 37 heavy (non-hydrogen) atoms. The molecule has 0 radical (unpaired) electrons. The Labute approximate surface area is 216 Å². The van der Waals surface area contributed by atoms with Crippen LogP contribution in [0.1, 0.15) is 30.4 Å². The number of hydrogen-bond donors (Lipinski definition) is 3. The molecule has 0 bridgehead atoms. The zero-order valence-corrected chi connectivity index (χ0v) is 21.3. The lowest BCUT2D eigenvalue weighted by atomic mass is 9.77. The van der Waals surface area contributed by atoms with E-state index in [4.69, 9.17) is 14.2 Å². The molecule has 4 unspecified atom stereocenters. The van der Waals surface area contributed by atoms with Crippen LogP contribution in [-0.4, -0.2) is 79.1 Å². The highest BCUT2D eigenvalue weighted by Crippen LogP contribution is 2.47. The topological polar surface area (TPSA) is 118 Å². The van der Waals surface area contributed by atoms with Crippen molar-refractivity contribution in [3.63, 3.8) is 0 Å². The molecule has 0 saturated carbocycles. The Balaban J connectivity index is 1.69. The standard InChI is InChI=1S/C28H34N2O7/c1-4-24(32)30(13-11-17-15-18(35-2)9-10-22(17)36-3)21-16-20(28(34)29-12-14-31)25-19-7-5-6-8-23(19)37-27(25)26(21)33/h5-10,15-16,21,25-27,31,33H,4,11-14H2,1-3H3,(H,29,34). The van der Waals surface area contributed by atoms with Crippen LogP contribution in [0.25, 0.3) is 0 Å². The Morgan fingerprint density at radius 3 is 2.62 bits per heavy atom. The van der Waals surface area contributed by atoms with Crippen molar-refractivity contribution in [3.05, 3.63) is 65.2 Å². The molecule has 1 aliphatic carbocycles.